The minimum absolute atomic E-state index is 0.178. The molecule has 1 aromatic carbocycles. The van der Waals surface area contributed by atoms with Gasteiger partial charge in [0.2, 0.25) is 0 Å². The van der Waals surface area contributed by atoms with Crippen molar-refractivity contribution in [3.8, 4) is 11.8 Å². The summed E-state index contributed by atoms with van der Waals surface area (Å²) in [5, 5.41) is 17.7. The molecule has 6 heteroatoms. The van der Waals surface area contributed by atoms with Gasteiger partial charge in [-0.15, -0.1) is 0 Å². The summed E-state index contributed by atoms with van der Waals surface area (Å²) in [6.45, 7) is -0.192. The molecule has 6 nitrogen and oxygen atoms in total. The summed E-state index contributed by atoms with van der Waals surface area (Å²) in [5.74, 6) is -0.826. The maximum absolute atomic E-state index is 10.6. The van der Waals surface area contributed by atoms with Gasteiger partial charge in [0.15, 0.2) is 5.69 Å². The summed E-state index contributed by atoms with van der Waals surface area (Å²) in [6, 6.07) is 6.76. The van der Waals surface area contributed by atoms with E-state index in [-0.39, 0.29) is 18.4 Å². The van der Waals surface area contributed by atoms with E-state index in [0.29, 0.717) is 11.3 Å². The first-order chi connectivity index (χ1) is 8.20. The molecule has 1 heterocycles. The van der Waals surface area contributed by atoms with Gasteiger partial charge >= 0.3 is 12.0 Å². The molecule has 0 fully saturated rings. The molecule has 2 N–H and O–H groups in total. The second kappa shape index (κ2) is 4.67. The maximum Gasteiger partial charge on any atom is 0.399 e. The molecule has 0 aliphatic heterocycles. The van der Waals surface area contributed by atoms with Gasteiger partial charge in [0, 0.05) is 5.56 Å². The average molecular weight is 235 g/mol. The number of carboxylic acids is 1. The van der Waals surface area contributed by atoms with E-state index in [1.54, 1.807) is 24.3 Å². The number of para-hydroxylation sites is 1. The number of aliphatic hydroxyl groups excluding tert-OH is 1. The lowest BCUT2D eigenvalue weighted by Gasteiger charge is -2.04. The molecule has 0 radical (unpaired) electrons. The normalized spacial score (nSPS) is 10.2. The van der Waals surface area contributed by atoms with Crippen molar-refractivity contribution in [1.82, 2.24) is 4.98 Å². The van der Waals surface area contributed by atoms with Gasteiger partial charge in [0.05, 0.1) is 6.61 Å². The highest BCUT2D eigenvalue weighted by Crippen LogP contribution is 2.24. The van der Waals surface area contributed by atoms with Crippen molar-refractivity contribution in [2.45, 2.75) is 6.61 Å². The quantitative estimate of drug-likeness (QED) is 0.837. The lowest BCUT2D eigenvalue weighted by atomic mass is 10.2. The maximum atomic E-state index is 10.6. The zero-order valence-electron chi connectivity index (χ0n) is 8.66. The first-order valence-corrected chi connectivity index (χ1v) is 4.76. The van der Waals surface area contributed by atoms with Crippen LogP contribution in [0.25, 0.3) is 0 Å². The monoisotopic (exact) mass is 235 g/mol. The molecule has 0 saturated carbocycles. The van der Waals surface area contributed by atoms with Gasteiger partial charge in [-0.1, -0.05) is 18.2 Å². The summed E-state index contributed by atoms with van der Waals surface area (Å²) in [6.07, 6.45) is 0.808. The smallest absolute Gasteiger partial charge is 0.399 e. The minimum atomic E-state index is -1.20. The van der Waals surface area contributed by atoms with Gasteiger partial charge in [-0.2, -0.15) is 4.98 Å². The molecule has 88 valence electrons. The van der Waals surface area contributed by atoms with Gasteiger partial charge in [-0.3, -0.25) is 0 Å². The molecule has 2 rings (SSSR count). The highest BCUT2D eigenvalue weighted by Gasteiger charge is 2.13. The van der Waals surface area contributed by atoms with Crippen LogP contribution in [0.5, 0.6) is 11.8 Å². The fourth-order valence-corrected chi connectivity index (χ4v) is 1.23. The number of hydrogen-bond donors (Lipinski definition) is 2. The zero-order chi connectivity index (χ0) is 12.3. The van der Waals surface area contributed by atoms with Crippen LogP contribution in [0.15, 0.2) is 34.9 Å². The van der Waals surface area contributed by atoms with Gasteiger partial charge < -0.3 is 19.4 Å². The van der Waals surface area contributed by atoms with Crippen LogP contribution in [0.3, 0.4) is 0 Å². The Morgan fingerprint density at radius 3 is 2.82 bits per heavy atom. The number of carbonyl (C=O) groups is 1. The molecule has 0 saturated heterocycles. The van der Waals surface area contributed by atoms with Crippen molar-refractivity contribution in [2.75, 3.05) is 0 Å². The number of aromatic nitrogens is 1. The number of nitrogens with zero attached hydrogens (tertiary/aromatic N) is 1. The number of aromatic carboxylic acids is 1. The van der Waals surface area contributed by atoms with E-state index in [4.69, 9.17) is 19.4 Å². The Hall–Kier alpha value is -2.34. The number of carboxylic acid groups (broad SMARTS) is 1. The van der Waals surface area contributed by atoms with Gasteiger partial charge in [-0.05, 0) is 6.07 Å². The van der Waals surface area contributed by atoms with Crippen molar-refractivity contribution in [2.24, 2.45) is 0 Å². The Morgan fingerprint density at radius 2 is 2.18 bits per heavy atom. The first-order valence-electron chi connectivity index (χ1n) is 4.76. The molecule has 2 aromatic rings. The molecule has 1 aromatic heterocycles. The predicted molar refractivity (Wildman–Crippen MR) is 55.9 cm³/mol. The van der Waals surface area contributed by atoms with Crippen LogP contribution in [0, 0.1) is 0 Å². The van der Waals surface area contributed by atoms with Crippen molar-refractivity contribution >= 4 is 5.97 Å². The Morgan fingerprint density at radius 1 is 1.41 bits per heavy atom. The number of benzene rings is 1. The lowest BCUT2D eigenvalue weighted by Crippen LogP contribution is -1.96. The molecule has 0 aliphatic carbocycles. The van der Waals surface area contributed by atoms with Gasteiger partial charge in [0.25, 0.3) is 0 Å². The SMILES string of the molecule is O=C(O)c1coc(Oc2ccccc2CO)n1. The third-order valence-corrected chi connectivity index (χ3v) is 2.04. The topological polar surface area (TPSA) is 92.8 Å². The Balaban J connectivity index is 2.22. The van der Waals surface area contributed by atoms with E-state index in [1.807, 2.05) is 0 Å². The molecule has 0 unspecified atom stereocenters. The van der Waals surface area contributed by atoms with Crippen LogP contribution in [-0.2, 0) is 6.61 Å². The second-order valence-corrected chi connectivity index (χ2v) is 3.17. The highest BCUT2D eigenvalue weighted by atomic mass is 16.6. The fourth-order valence-electron chi connectivity index (χ4n) is 1.23. The molecule has 0 spiro atoms. The standard InChI is InChI=1S/C11H9NO5/c13-5-7-3-1-2-4-9(7)17-11-12-8(6-16-11)10(14)15/h1-4,6,13H,5H2,(H,14,15). The van der Waals surface area contributed by atoms with Crippen LogP contribution < -0.4 is 4.74 Å². The van der Waals surface area contributed by atoms with Crippen molar-refractivity contribution in [1.29, 1.82) is 0 Å². The van der Waals surface area contributed by atoms with E-state index in [1.165, 1.54) is 0 Å². The van der Waals surface area contributed by atoms with Crippen LogP contribution in [0.1, 0.15) is 16.1 Å². The third kappa shape index (κ3) is 2.43. The van der Waals surface area contributed by atoms with Crippen LogP contribution >= 0.6 is 0 Å². The van der Waals surface area contributed by atoms with E-state index < -0.39 is 5.97 Å². The number of ether oxygens (including phenoxy) is 1. The zero-order valence-corrected chi connectivity index (χ0v) is 8.66. The lowest BCUT2D eigenvalue weighted by molar-refractivity contribution is 0.0690. The largest absolute Gasteiger partial charge is 0.476 e. The summed E-state index contributed by atoms with van der Waals surface area (Å²) in [4.78, 5) is 14.2. The molecule has 0 atom stereocenters. The highest BCUT2D eigenvalue weighted by molar-refractivity contribution is 5.84. The molecular formula is C11H9NO5. The number of aliphatic hydroxyl groups is 1. The van der Waals surface area contributed by atoms with Crippen molar-refractivity contribution in [3.05, 3.63) is 41.8 Å². The predicted octanol–water partition coefficient (Wildman–Crippen LogP) is 1.66. The van der Waals surface area contributed by atoms with E-state index in [2.05, 4.69) is 4.98 Å². The summed E-state index contributed by atoms with van der Waals surface area (Å²) < 4.78 is 10.1. The number of hydrogen-bond acceptors (Lipinski definition) is 5. The van der Waals surface area contributed by atoms with E-state index >= 15 is 0 Å². The van der Waals surface area contributed by atoms with Crippen LogP contribution in [0.4, 0.5) is 0 Å². The molecule has 0 aliphatic rings. The summed E-state index contributed by atoms with van der Waals surface area (Å²) in [5.41, 5.74) is 0.323. The Bertz CT molecular complexity index is 534. The molecular weight excluding hydrogens is 226 g/mol. The number of oxazole rings is 1. The van der Waals surface area contributed by atoms with E-state index in [0.717, 1.165) is 6.26 Å². The first kappa shape index (κ1) is 11.2. The molecule has 17 heavy (non-hydrogen) atoms. The van der Waals surface area contributed by atoms with Crippen molar-refractivity contribution < 1.29 is 24.2 Å². The number of rotatable bonds is 4. The fraction of sp³-hybridized carbons (Fsp3) is 0.0909. The second-order valence-electron chi connectivity index (χ2n) is 3.17. The average Bonchev–Trinajstić information content (AvgIpc) is 2.78. The van der Waals surface area contributed by atoms with Crippen molar-refractivity contribution in [3.63, 3.8) is 0 Å². The molecule has 0 bridgehead atoms. The Labute approximate surface area is 96.1 Å². The minimum Gasteiger partial charge on any atom is -0.476 e. The third-order valence-electron chi connectivity index (χ3n) is 2.04. The Kier molecular flexibility index (Phi) is 3.06. The van der Waals surface area contributed by atoms with Crippen LogP contribution in [0.2, 0.25) is 0 Å². The van der Waals surface area contributed by atoms with Gasteiger partial charge in [0.1, 0.15) is 12.0 Å². The van der Waals surface area contributed by atoms with Gasteiger partial charge in [-0.25, -0.2) is 4.79 Å². The summed E-state index contributed by atoms with van der Waals surface area (Å²) in [7, 11) is 0. The van der Waals surface area contributed by atoms with Crippen LogP contribution in [-0.4, -0.2) is 21.2 Å². The van der Waals surface area contributed by atoms with E-state index in [9.17, 15) is 4.79 Å². The molecule has 0 amide bonds. The summed E-state index contributed by atoms with van der Waals surface area (Å²) >= 11 is 0.